The van der Waals surface area contributed by atoms with Crippen LogP contribution in [-0.2, 0) is 6.54 Å². The Labute approximate surface area is 133 Å². The molecule has 0 atom stereocenters. The number of nitrogens with one attached hydrogen (secondary N) is 1. The minimum Gasteiger partial charge on any atom is -0.349 e. The van der Waals surface area contributed by atoms with Gasteiger partial charge in [0.1, 0.15) is 11.0 Å². The van der Waals surface area contributed by atoms with Crippen molar-refractivity contribution in [1.29, 1.82) is 0 Å². The Bertz CT molecular complexity index is 850. The fraction of sp³-hybridized carbons (Fsp3) is 0.412. The molecule has 3 aromatic rings. The van der Waals surface area contributed by atoms with Crippen molar-refractivity contribution < 1.29 is 0 Å². The minimum atomic E-state index is 0.0272. The SMILES string of the molecule is CCCSCCCn1cnc2c([nH]c3ccc(C)cc32)c1=O. The van der Waals surface area contributed by atoms with Gasteiger partial charge in [-0.3, -0.25) is 9.36 Å². The van der Waals surface area contributed by atoms with E-state index in [9.17, 15) is 4.79 Å². The Morgan fingerprint density at radius 2 is 2.18 bits per heavy atom. The Balaban J connectivity index is 1.89. The molecular weight excluding hydrogens is 294 g/mol. The molecule has 3 rings (SSSR count). The smallest absolute Gasteiger partial charge is 0.277 e. The van der Waals surface area contributed by atoms with Gasteiger partial charge in [0.05, 0.1) is 6.33 Å². The van der Waals surface area contributed by atoms with E-state index in [0.29, 0.717) is 5.52 Å². The second kappa shape index (κ2) is 6.57. The van der Waals surface area contributed by atoms with Crippen molar-refractivity contribution in [2.45, 2.75) is 33.2 Å². The topological polar surface area (TPSA) is 50.7 Å². The van der Waals surface area contributed by atoms with Crippen LogP contribution in [0.3, 0.4) is 0 Å². The van der Waals surface area contributed by atoms with E-state index in [1.165, 1.54) is 17.7 Å². The summed E-state index contributed by atoms with van der Waals surface area (Å²) in [5.41, 5.74) is 3.57. The molecule has 116 valence electrons. The van der Waals surface area contributed by atoms with Crippen molar-refractivity contribution in [1.82, 2.24) is 14.5 Å². The molecule has 0 aliphatic rings. The lowest BCUT2D eigenvalue weighted by Crippen LogP contribution is -2.21. The maximum absolute atomic E-state index is 12.6. The van der Waals surface area contributed by atoms with E-state index in [-0.39, 0.29) is 5.56 Å². The first-order chi connectivity index (χ1) is 10.7. The number of benzene rings is 1. The number of fused-ring (bicyclic) bond motifs is 3. The third-order valence-electron chi connectivity index (χ3n) is 3.76. The second-order valence-corrected chi connectivity index (χ2v) is 6.83. The van der Waals surface area contributed by atoms with Crippen molar-refractivity contribution in [3.63, 3.8) is 0 Å². The molecule has 2 aromatic heterocycles. The van der Waals surface area contributed by atoms with Crippen LogP contribution in [0.1, 0.15) is 25.3 Å². The second-order valence-electron chi connectivity index (χ2n) is 5.61. The molecule has 0 amide bonds. The highest BCUT2D eigenvalue weighted by Gasteiger charge is 2.10. The van der Waals surface area contributed by atoms with Crippen molar-refractivity contribution in [3.05, 3.63) is 40.4 Å². The van der Waals surface area contributed by atoms with Gasteiger partial charge in [0, 0.05) is 17.4 Å². The quantitative estimate of drug-likeness (QED) is 0.705. The fourth-order valence-electron chi connectivity index (χ4n) is 2.65. The van der Waals surface area contributed by atoms with Crippen LogP contribution in [0.2, 0.25) is 0 Å². The van der Waals surface area contributed by atoms with Gasteiger partial charge in [0.2, 0.25) is 0 Å². The summed E-state index contributed by atoms with van der Waals surface area (Å²) < 4.78 is 1.72. The number of thioether (sulfide) groups is 1. The number of aromatic amines is 1. The molecule has 1 aromatic carbocycles. The highest BCUT2D eigenvalue weighted by atomic mass is 32.2. The third-order valence-corrected chi connectivity index (χ3v) is 5.04. The zero-order valence-electron chi connectivity index (χ0n) is 13.1. The lowest BCUT2D eigenvalue weighted by Gasteiger charge is -2.04. The summed E-state index contributed by atoms with van der Waals surface area (Å²) in [7, 11) is 0. The van der Waals surface area contributed by atoms with Crippen molar-refractivity contribution in [3.8, 4) is 0 Å². The molecule has 0 spiro atoms. The summed E-state index contributed by atoms with van der Waals surface area (Å²) in [6.45, 7) is 4.97. The summed E-state index contributed by atoms with van der Waals surface area (Å²) in [6, 6.07) is 6.13. The Morgan fingerprint density at radius 3 is 3.00 bits per heavy atom. The van der Waals surface area contributed by atoms with E-state index in [1.54, 1.807) is 10.9 Å². The van der Waals surface area contributed by atoms with Crippen LogP contribution >= 0.6 is 11.8 Å². The molecule has 0 fully saturated rings. The number of aryl methyl sites for hydroxylation is 2. The van der Waals surface area contributed by atoms with Crippen molar-refractivity contribution in [2.24, 2.45) is 0 Å². The molecule has 0 saturated carbocycles. The van der Waals surface area contributed by atoms with Crippen molar-refractivity contribution >= 4 is 33.7 Å². The molecule has 4 nitrogen and oxygen atoms in total. The Hall–Kier alpha value is -1.75. The van der Waals surface area contributed by atoms with Gasteiger partial charge >= 0.3 is 0 Å². The van der Waals surface area contributed by atoms with Crippen molar-refractivity contribution in [2.75, 3.05) is 11.5 Å². The average molecular weight is 315 g/mol. The first-order valence-corrected chi connectivity index (χ1v) is 8.91. The van der Waals surface area contributed by atoms with Crippen LogP contribution in [0, 0.1) is 6.92 Å². The number of rotatable bonds is 6. The number of aromatic nitrogens is 3. The van der Waals surface area contributed by atoms with Gasteiger partial charge in [0.25, 0.3) is 5.56 Å². The molecule has 22 heavy (non-hydrogen) atoms. The summed E-state index contributed by atoms with van der Waals surface area (Å²) in [5, 5.41) is 1.03. The van der Waals surface area contributed by atoms with Crippen LogP contribution in [0.25, 0.3) is 21.9 Å². The van der Waals surface area contributed by atoms with E-state index in [0.717, 1.165) is 35.1 Å². The maximum atomic E-state index is 12.6. The van der Waals surface area contributed by atoms with Gasteiger partial charge in [-0.05, 0) is 43.4 Å². The molecule has 0 aliphatic carbocycles. The predicted molar refractivity (Wildman–Crippen MR) is 94.8 cm³/mol. The normalized spacial score (nSPS) is 11.5. The molecule has 5 heteroatoms. The van der Waals surface area contributed by atoms with Gasteiger partial charge in [-0.2, -0.15) is 11.8 Å². The predicted octanol–water partition coefficient (Wildman–Crippen LogP) is 3.72. The molecule has 0 bridgehead atoms. The highest BCUT2D eigenvalue weighted by molar-refractivity contribution is 7.99. The minimum absolute atomic E-state index is 0.0272. The summed E-state index contributed by atoms with van der Waals surface area (Å²) in [5.74, 6) is 2.28. The van der Waals surface area contributed by atoms with E-state index < -0.39 is 0 Å². The number of H-pyrrole nitrogens is 1. The van der Waals surface area contributed by atoms with Crippen LogP contribution < -0.4 is 5.56 Å². The van der Waals surface area contributed by atoms with Crippen LogP contribution in [0.15, 0.2) is 29.3 Å². The number of nitrogens with zero attached hydrogens (tertiary/aromatic N) is 2. The third kappa shape index (κ3) is 2.90. The van der Waals surface area contributed by atoms with Gasteiger partial charge in [-0.15, -0.1) is 0 Å². The lowest BCUT2D eigenvalue weighted by atomic mass is 10.2. The molecule has 0 radical (unpaired) electrons. The first-order valence-electron chi connectivity index (χ1n) is 7.76. The summed E-state index contributed by atoms with van der Waals surface area (Å²) >= 11 is 1.94. The molecule has 1 N–H and O–H groups in total. The monoisotopic (exact) mass is 315 g/mol. The first kappa shape index (κ1) is 15.2. The average Bonchev–Trinajstić information content (AvgIpc) is 2.88. The van der Waals surface area contributed by atoms with Crippen LogP contribution in [-0.4, -0.2) is 26.0 Å². The number of hydrogen-bond donors (Lipinski definition) is 1. The molecule has 0 aliphatic heterocycles. The number of hydrogen-bond acceptors (Lipinski definition) is 3. The lowest BCUT2D eigenvalue weighted by molar-refractivity contribution is 0.651. The molecular formula is C17H21N3OS. The Morgan fingerprint density at radius 1 is 1.32 bits per heavy atom. The van der Waals surface area contributed by atoms with Gasteiger partial charge in [0.15, 0.2) is 0 Å². The van der Waals surface area contributed by atoms with E-state index >= 15 is 0 Å². The largest absolute Gasteiger partial charge is 0.349 e. The fourth-order valence-corrected chi connectivity index (χ4v) is 3.47. The molecule has 0 unspecified atom stereocenters. The van der Waals surface area contributed by atoms with Gasteiger partial charge < -0.3 is 4.98 Å². The van der Waals surface area contributed by atoms with E-state index in [2.05, 4.69) is 23.0 Å². The molecule has 2 heterocycles. The molecule has 0 saturated heterocycles. The summed E-state index contributed by atoms with van der Waals surface area (Å²) in [4.78, 5) is 20.3. The summed E-state index contributed by atoms with van der Waals surface area (Å²) in [6.07, 6.45) is 3.88. The standard InChI is InChI=1S/C17H21N3OS/c1-3-8-22-9-4-7-20-11-18-15-13-10-12(2)5-6-14(13)19-16(15)17(20)21/h5-6,10-11,19H,3-4,7-9H2,1-2H3. The van der Waals surface area contributed by atoms with E-state index in [1.807, 2.05) is 30.8 Å². The highest BCUT2D eigenvalue weighted by Crippen LogP contribution is 2.22. The van der Waals surface area contributed by atoms with Crippen LogP contribution in [0.5, 0.6) is 0 Å². The zero-order valence-corrected chi connectivity index (χ0v) is 13.9. The zero-order chi connectivity index (χ0) is 15.5. The van der Waals surface area contributed by atoms with Crippen LogP contribution in [0.4, 0.5) is 0 Å². The van der Waals surface area contributed by atoms with Gasteiger partial charge in [-0.25, -0.2) is 4.98 Å². The van der Waals surface area contributed by atoms with E-state index in [4.69, 9.17) is 0 Å². The Kier molecular flexibility index (Phi) is 4.52. The maximum Gasteiger partial charge on any atom is 0.277 e. The van der Waals surface area contributed by atoms with Gasteiger partial charge in [-0.1, -0.05) is 18.6 Å².